The van der Waals surface area contributed by atoms with Crippen molar-refractivity contribution in [2.75, 3.05) is 26.2 Å². The summed E-state index contributed by atoms with van der Waals surface area (Å²) in [6.45, 7) is 10.2. The van der Waals surface area contributed by atoms with Crippen molar-refractivity contribution in [3.8, 4) is 10.6 Å². The standard InChI is InChI=1S/C20H25N3O2S/c1-13-6-7-17(14(2)12-13)19-21-15(3)18(26-19)20(25)23-9-5-8-22(10-11-23)16(4)24/h6-7,12H,5,8-11H2,1-4H3. The number of nitrogens with zero attached hydrogens (tertiary/aromatic N) is 3. The fourth-order valence-electron chi connectivity index (χ4n) is 3.34. The highest BCUT2D eigenvalue weighted by Gasteiger charge is 2.25. The lowest BCUT2D eigenvalue weighted by molar-refractivity contribution is -0.128. The summed E-state index contributed by atoms with van der Waals surface area (Å²) in [5.41, 5.74) is 4.25. The van der Waals surface area contributed by atoms with Crippen LogP contribution in [-0.4, -0.2) is 52.8 Å². The quantitative estimate of drug-likeness (QED) is 0.813. The molecule has 1 aliphatic heterocycles. The second kappa shape index (κ2) is 7.58. The second-order valence-electron chi connectivity index (χ2n) is 6.90. The largest absolute Gasteiger partial charge is 0.341 e. The van der Waals surface area contributed by atoms with Crippen LogP contribution in [0.1, 0.15) is 39.8 Å². The van der Waals surface area contributed by atoms with Gasteiger partial charge in [0.2, 0.25) is 5.91 Å². The number of hydrogen-bond acceptors (Lipinski definition) is 4. The Hall–Kier alpha value is -2.21. The zero-order valence-corrected chi connectivity index (χ0v) is 16.7. The van der Waals surface area contributed by atoms with E-state index in [2.05, 4.69) is 37.0 Å². The van der Waals surface area contributed by atoms with Crippen LogP contribution in [0.25, 0.3) is 10.6 Å². The van der Waals surface area contributed by atoms with Crippen LogP contribution in [0.15, 0.2) is 18.2 Å². The Morgan fingerprint density at radius 2 is 1.73 bits per heavy atom. The Labute approximate surface area is 158 Å². The highest BCUT2D eigenvalue weighted by molar-refractivity contribution is 7.17. The maximum Gasteiger partial charge on any atom is 0.265 e. The van der Waals surface area contributed by atoms with E-state index in [1.807, 2.05) is 16.7 Å². The zero-order valence-electron chi connectivity index (χ0n) is 15.8. The molecule has 1 aliphatic rings. The predicted molar refractivity (Wildman–Crippen MR) is 105 cm³/mol. The van der Waals surface area contributed by atoms with E-state index in [9.17, 15) is 9.59 Å². The van der Waals surface area contributed by atoms with Gasteiger partial charge in [-0.2, -0.15) is 0 Å². The summed E-state index contributed by atoms with van der Waals surface area (Å²) in [5, 5.41) is 0.892. The maximum absolute atomic E-state index is 13.0. The van der Waals surface area contributed by atoms with Crippen molar-refractivity contribution in [1.29, 1.82) is 0 Å². The third-order valence-electron chi connectivity index (χ3n) is 4.83. The van der Waals surface area contributed by atoms with Crippen LogP contribution in [0.5, 0.6) is 0 Å². The molecule has 0 bridgehead atoms. The Morgan fingerprint density at radius 1 is 1.04 bits per heavy atom. The van der Waals surface area contributed by atoms with Crippen molar-refractivity contribution in [2.24, 2.45) is 0 Å². The first-order valence-electron chi connectivity index (χ1n) is 8.96. The first-order chi connectivity index (χ1) is 12.4. The van der Waals surface area contributed by atoms with Crippen molar-refractivity contribution >= 4 is 23.2 Å². The average Bonchev–Trinajstić information content (AvgIpc) is 2.81. The number of carbonyl (C=O) groups excluding carboxylic acids is 2. The molecule has 0 aliphatic carbocycles. The topological polar surface area (TPSA) is 53.5 Å². The predicted octanol–water partition coefficient (Wildman–Crippen LogP) is 3.43. The first kappa shape index (κ1) is 18.6. The lowest BCUT2D eigenvalue weighted by atomic mass is 10.1. The van der Waals surface area contributed by atoms with Crippen molar-refractivity contribution in [1.82, 2.24) is 14.8 Å². The van der Waals surface area contributed by atoms with Gasteiger partial charge in [0.25, 0.3) is 5.91 Å². The minimum absolute atomic E-state index is 0.0291. The number of amides is 2. The van der Waals surface area contributed by atoms with E-state index >= 15 is 0 Å². The number of rotatable bonds is 2. The van der Waals surface area contributed by atoms with Crippen molar-refractivity contribution in [2.45, 2.75) is 34.1 Å². The smallest absolute Gasteiger partial charge is 0.265 e. The van der Waals surface area contributed by atoms with Gasteiger partial charge in [0.1, 0.15) is 9.88 Å². The van der Waals surface area contributed by atoms with E-state index < -0.39 is 0 Å². The summed E-state index contributed by atoms with van der Waals surface area (Å²) in [7, 11) is 0. The molecule has 2 amide bonds. The summed E-state index contributed by atoms with van der Waals surface area (Å²) in [5.74, 6) is 0.104. The molecule has 1 saturated heterocycles. The molecular formula is C20H25N3O2S. The van der Waals surface area contributed by atoms with Crippen molar-refractivity contribution < 1.29 is 9.59 Å². The number of carbonyl (C=O) groups is 2. The third-order valence-corrected chi connectivity index (χ3v) is 6.01. The van der Waals surface area contributed by atoms with Crippen LogP contribution in [0.2, 0.25) is 0 Å². The molecule has 0 atom stereocenters. The van der Waals surface area contributed by atoms with Gasteiger partial charge in [0.15, 0.2) is 0 Å². The normalized spacial score (nSPS) is 15.1. The Balaban J connectivity index is 1.82. The van der Waals surface area contributed by atoms with E-state index in [1.54, 1.807) is 6.92 Å². The lowest BCUT2D eigenvalue weighted by Crippen LogP contribution is -2.36. The Kier molecular flexibility index (Phi) is 5.41. The van der Waals surface area contributed by atoms with Crippen LogP contribution >= 0.6 is 11.3 Å². The molecule has 2 heterocycles. The lowest BCUT2D eigenvalue weighted by Gasteiger charge is -2.21. The van der Waals surface area contributed by atoms with Crippen LogP contribution in [0.3, 0.4) is 0 Å². The molecule has 1 fully saturated rings. The maximum atomic E-state index is 13.0. The summed E-state index contributed by atoms with van der Waals surface area (Å²) in [4.78, 5) is 33.6. The fourth-order valence-corrected chi connectivity index (χ4v) is 4.47. The van der Waals surface area contributed by atoms with Crippen molar-refractivity contribution in [3.05, 3.63) is 39.9 Å². The van der Waals surface area contributed by atoms with Crippen LogP contribution in [-0.2, 0) is 4.79 Å². The van der Waals surface area contributed by atoms with Crippen LogP contribution < -0.4 is 0 Å². The van der Waals surface area contributed by atoms with Crippen LogP contribution in [0, 0.1) is 20.8 Å². The van der Waals surface area contributed by atoms with Gasteiger partial charge >= 0.3 is 0 Å². The number of hydrogen-bond donors (Lipinski definition) is 0. The third kappa shape index (κ3) is 3.80. The van der Waals surface area contributed by atoms with E-state index in [-0.39, 0.29) is 11.8 Å². The van der Waals surface area contributed by atoms with Gasteiger partial charge in [0, 0.05) is 38.7 Å². The minimum Gasteiger partial charge on any atom is -0.341 e. The van der Waals surface area contributed by atoms with Gasteiger partial charge in [-0.05, 0) is 32.8 Å². The molecule has 1 aromatic carbocycles. The van der Waals surface area contributed by atoms with Gasteiger partial charge < -0.3 is 9.80 Å². The average molecular weight is 372 g/mol. The minimum atomic E-state index is 0.0291. The highest BCUT2D eigenvalue weighted by atomic mass is 32.1. The number of aromatic nitrogens is 1. The van der Waals surface area contributed by atoms with Gasteiger partial charge in [-0.15, -0.1) is 11.3 Å². The van der Waals surface area contributed by atoms with E-state index in [0.717, 1.165) is 22.7 Å². The molecule has 5 nitrogen and oxygen atoms in total. The molecule has 0 spiro atoms. The van der Waals surface area contributed by atoms with E-state index in [1.165, 1.54) is 22.5 Å². The van der Waals surface area contributed by atoms with Gasteiger partial charge in [-0.1, -0.05) is 23.8 Å². The molecule has 0 radical (unpaired) electrons. The second-order valence-corrected chi connectivity index (χ2v) is 7.90. The van der Waals surface area contributed by atoms with Gasteiger partial charge in [-0.3, -0.25) is 9.59 Å². The number of thiazole rings is 1. The number of benzene rings is 1. The summed E-state index contributed by atoms with van der Waals surface area (Å²) in [6.07, 6.45) is 0.813. The van der Waals surface area contributed by atoms with E-state index in [0.29, 0.717) is 31.1 Å². The molecule has 0 unspecified atom stereocenters. The van der Waals surface area contributed by atoms with Crippen molar-refractivity contribution in [3.63, 3.8) is 0 Å². The number of aryl methyl sites for hydroxylation is 3. The molecule has 26 heavy (non-hydrogen) atoms. The monoisotopic (exact) mass is 371 g/mol. The molecule has 2 aromatic rings. The highest BCUT2D eigenvalue weighted by Crippen LogP contribution is 2.31. The van der Waals surface area contributed by atoms with Crippen LogP contribution in [0.4, 0.5) is 0 Å². The molecular weight excluding hydrogens is 346 g/mol. The molecule has 1 aromatic heterocycles. The van der Waals surface area contributed by atoms with E-state index in [4.69, 9.17) is 0 Å². The molecule has 6 heteroatoms. The van der Waals surface area contributed by atoms with Gasteiger partial charge in [0.05, 0.1) is 5.69 Å². The zero-order chi connectivity index (χ0) is 18.8. The summed E-state index contributed by atoms with van der Waals surface area (Å²) < 4.78 is 0. The molecule has 138 valence electrons. The Bertz CT molecular complexity index is 844. The molecule has 3 rings (SSSR count). The molecule has 0 saturated carbocycles. The SMILES string of the molecule is CC(=O)N1CCCN(C(=O)c2sc(-c3ccc(C)cc3C)nc2C)CC1. The summed E-state index contributed by atoms with van der Waals surface area (Å²) in [6, 6.07) is 6.29. The van der Waals surface area contributed by atoms with Gasteiger partial charge in [-0.25, -0.2) is 4.98 Å². The molecule has 0 N–H and O–H groups in total. The fraction of sp³-hybridized carbons (Fsp3) is 0.450. The Morgan fingerprint density at radius 3 is 2.42 bits per heavy atom. The first-order valence-corrected chi connectivity index (χ1v) is 9.78. The summed E-state index contributed by atoms with van der Waals surface area (Å²) >= 11 is 1.47.